The molecule has 0 unspecified atom stereocenters. The van der Waals surface area contributed by atoms with Crippen molar-refractivity contribution in [3.05, 3.63) is 34.9 Å². The first-order chi connectivity index (χ1) is 7.56. The largest absolute Gasteiger partial charge is 0.385 e. The lowest BCUT2D eigenvalue weighted by atomic mass is 10.1. The highest BCUT2D eigenvalue weighted by molar-refractivity contribution is 6.02. The van der Waals surface area contributed by atoms with Crippen molar-refractivity contribution < 1.29 is 4.79 Å². The first-order valence-electron chi connectivity index (χ1n) is 5.25. The van der Waals surface area contributed by atoms with E-state index in [1.165, 1.54) is 16.1 Å². The van der Waals surface area contributed by atoms with E-state index in [1.807, 2.05) is 13.8 Å². The molecule has 1 amide bonds. The van der Waals surface area contributed by atoms with Gasteiger partial charge in [0.05, 0.1) is 13.0 Å². The van der Waals surface area contributed by atoms with Gasteiger partial charge in [-0.25, -0.2) is 5.01 Å². The Morgan fingerprint density at radius 3 is 2.81 bits per heavy atom. The molecule has 4 heteroatoms. The highest BCUT2D eigenvalue weighted by Crippen LogP contribution is 2.16. The first kappa shape index (κ1) is 10.7. The molecule has 0 aromatic heterocycles. The molecule has 1 aromatic rings. The van der Waals surface area contributed by atoms with E-state index >= 15 is 0 Å². The van der Waals surface area contributed by atoms with Crippen molar-refractivity contribution in [2.75, 3.05) is 0 Å². The van der Waals surface area contributed by atoms with E-state index in [0.717, 1.165) is 5.56 Å². The minimum Gasteiger partial charge on any atom is -0.385 e. The van der Waals surface area contributed by atoms with E-state index in [-0.39, 0.29) is 12.3 Å². The standard InChI is InChI=1S/C12H15N3O/c1-8-3-4-9(2)10(5-8)7-15-12(16)6-11(13)14-15/h3-5H,6-7H2,1-2H3,(H2,13,14). The second kappa shape index (κ2) is 3.96. The van der Waals surface area contributed by atoms with Crippen LogP contribution in [0.25, 0.3) is 0 Å². The highest BCUT2D eigenvalue weighted by Gasteiger charge is 2.22. The van der Waals surface area contributed by atoms with Crippen molar-refractivity contribution in [1.29, 1.82) is 0 Å². The number of amides is 1. The summed E-state index contributed by atoms with van der Waals surface area (Å²) in [6.45, 7) is 4.57. The maximum Gasteiger partial charge on any atom is 0.250 e. The van der Waals surface area contributed by atoms with Gasteiger partial charge < -0.3 is 5.73 Å². The summed E-state index contributed by atoms with van der Waals surface area (Å²) in [5.41, 5.74) is 8.99. The number of hydrazone groups is 1. The van der Waals surface area contributed by atoms with E-state index in [4.69, 9.17) is 5.73 Å². The SMILES string of the molecule is Cc1ccc(C)c(CN2N=C(N)CC2=O)c1. The van der Waals surface area contributed by atoms with Gasteiger partial charge in [-0.3, -0.25) is 4.79 Å². The molecule has 0 spiro atoms. The van der Waals surface area contributed by atoms with Crippen LogP contribution in [0.2, 0.25) is 0 Å². The van der Waals surface area contributed by atoms with E-state index in [0.29, 0.717) is 12.4 Å². The summed E-state index contributed by atoms with van der Waals surface area (Å²) >= 11 is 0. The summed E-state index contributed by atoms with van der Waals surface area (Å²) < 4.78 is 0. The topological polar surface area (TPSA) is 58.7 Å². The number of benzene rings is 1. The number of rotatable bonds is 2. The predicted octanol–water partition coefficient (Wildman–Crippen LogP) is 1.31. The second-order valence-corrected chi connectivity index (χ2v) is 4.15. The molecule has 0 fully saturated rings. The molecule has 16 heavy (non-hydrogen) atoms. The molecule has 1 aliphatic rings. The Morgan fingerprint density at radius 1 is 1.44 bits per heavy atom. The minimum atomic E-state index is -0.0293. The number of aryl methyl sites for hydroxylation is 2. The van der Waals surface area contributed by atoms with E-state index in [2.05, 4.69) is 23.3 Å². The Bertz CT molecular complexity index is 465. The molecule has 1 aromatic carbocycles. The molecular formula is C12H15N3O. The third-order valence-corrected chi connectivity index (χ3v) is 2.69. The van der Waals surface area contributed by atoms with Crippen molar-refractivity contribution in [3.8, 4) is 0 Å². The second-order valence-electron chi connectivity index (χ2n) is 4.15. The fraction of sp³-hybridized carbons (Fsp3) is 0.333. The maximum absolute atomic E-state index is 11.5. The van der Waals surface area contributed by atoms with Gasteiger partial charge in [0.15, 0.2) is 0 Å². The minimum absolute atomic E-state index is 0.0293. The van der Waals surface area contributed by atoms with E-state index < -0.39 is 0 Å². The number of nitrogens with zero attached hydrogens (tertiary/aromatic N) is 2. The molecule has 0 aliphatic carbocycles. The summed E-state index contributed by atoms with van der Waals surface area (Å²) in [6, 6.07) is 6.19. The van der Waals surface area contributed by atoms with Gasteiger partial charge >= 0.3 is 0 Å². The van der Waals surface area contributed by atoms with Gasteiger partial charge in [0, 0.05) is 0 Å². The van der Waals surface area contributed by atoms with Crippen LogP contribution in [0, 0.1) is 13.8 Å². The van der Waals surface area contributed by atoms with Crippen LogP contribution in [0.15, 0.2) is 23.3 Å². The Labute approximate surface area is 94.7 Å². The monoisotopic (exact) mass is 217 g/mol. The Kier molecular flexibility index (Phi) is 2.64. The lowest BCUT2D eigenvalue weighted by molar-refractivity contribution is -0.129. The van der Waals surface area contributed by atoms with Crippen molar-refractivity contribution >= 4 is 11.7 Å². The summed E-state index contributed by atoms with van der Waals surface area (Å²) in [5, 5.41) is 5.46. The third kappa shape index (κ3) is 2.05. The number of hydrogen-bond donors (Lipinski definition) is 1. The van der Waals surface area contributed by atoms with Crippen molar-refractivity contribution in [3.63, 3.8) is 0 Å². The van der Waals surface area contributed by atoms with Crippen LogP contribution in [0.1, 0.15) is 23.1 Å². The number of hydrogen-bond acceptors (Lipinski definition) is 3. The van der Waals surface area contributed by atoms with E-state index in [9.17, 15) is 4.79 Å². The lowest BCUT2D eigenvalue weighted by Crippen LogP contribution is -2.20. The van der Waals surface area contributed by atoms with Crippen LogP contribution in [0.5, 0.6) is 0 Å². The number of carbonyl (C=O) groups excluding carboxylic acids is 1. The number of nitrogens with two attached hydrogens (primary N) is 1. The zero-order chi connectivity index (χ0) is 11.7. The summed E-state index contributed by atoms with van der Waals surface area (Å²) in [6.07, 6.45) is 0.241. The Balaban J connectivity index is 2.21. The van der Waals surface area contributed by atoms with Crippen LogP contribution < -0.4 is 5.73 Å². The van der Waals surface area contributed by atoms with Gasteiger partial charge in [-0.1, -0.05) is 23.8 Å². The van der Waals surface area contributed by atoms with Crippen LogP contribution in [-0.2, 0) is 11.3 Å². The molecule has 1 aliphatic heterocycles. The number of carbonyl (C=O) groups is 1. The zero-order valence-corrected chi connectivity index (χ0v) is 9.53. The molecule has 0 bridgehead atoms. The highest BCUT2D eigenvalue weighted by atomic mass is 16.2. The summed E-state index contributed by atoms with van der Waals surface area (Å²) in [4.78, 5) is 11.5. The van der Waals surface area contributed by atoms with Crippen LogP contribution in [0.4, 0.5) is 0 Å². The predicted molar refractivity (Wildman–Crippen MR) is 62.7 cm³/mol. The third-order valence-electron chi connectivity index (χ3n) is 2.69. The molecule has 0 saturated carbocycles. The Morgan fingerprint density at radius 2 is 2.19 bits per heavy atom. The quantitative estimate of drug-likeness (QED) is 0.812. The van der Waals surface area contributed by atoms with Crippen molar-refractivity contribution in [2.45, 2.75) is 26.8 Å². The lowest BCUT2D eigenvalue weighted by Gasteiger charge is -2.13. The van der Waals surface area contributed by atoms with Crippen molar-refractivity contribution in [1.82, 2.24) is 5.01 Å². The average Bonchev–Trinajstić information content (AvgIpc) is 2.51. The summed E-state index contributed by atoms with van der Waals surface area (Å²) in [5.74, 6) is 0.369. The van der Waals surface area contributed by atoms with E-state index in [1.54, 1.807) is 0 Å². The van der Waals surface area contributed by atoms with Gasteiger partial charge in [0.1, 0.15) is 5.84 Å². The molecule has 2 N–H and O–H groups in total. The fourth-order valence-corrected chi connectivity index (χ4v) is 1.75. The fourth-order valence-electron chi connectivity index (χ4n) is 1.75. The van der Waals surface area contributed by atoms with Gasteiger partial charge in [0.2, 0.25) is 0 Å². The van der Waals surface area contributed by atoms with Gasteiger partial charge in [0.25, 0.3) is 5.91 Å². The smallest absolute Gasteiger partial charge is 0.250 e. The first-order valence-corrected chi connectivity index (χ1v) is 5.25. The maximum atomic E-state index is 11.5. The van der Waals surface area contributed by atoms with Crippen LogP contribution >= 0.6 is 0 Å². The Hall–Kier alpha value is -1.84. The van der Waals surface area contributed by atoms with Crippen molar-refractivity contribution in [2.24, 2.45) is 10.8 Å². The molecule has 4 nitrogen and oxygen atoms in total. The zero-order valence-electron chi connectivity index (χ0n) is 9.53. The number of amidine groups is 1. The van der Waals surface area contributed by atoms with Crippen LogP contribution in [0.3, 0.4) is 0 Å². The van der Waals surface area contributed by atoms with Gasteiger partial charge in [-0.05, 0) is 25.0 Å². The molecule has 84 valence electrons. The van der Waals surface area contributed by atoms with Crippen LogP contribution in [-0.4, -0.2) is 16.8 Å². The molecule has 0 saturated heterocycles. The summed E-state index contributed by atoms with van der Waals surface area (Å²) in [7, 11) is 0. The van der Waals surface area contributed by atoms with Gasteiger partial charge in [-0.15, -0.1) is 0 Å². The average molecular weight is 217 g/mol. The van der Waals surface area contributed by atoms with Gasteiger partial charge in [-0.2, -0.15) is 5.10 Å². The molecular weight excluding hydrogens is 202 g/mol. The molecule has 1 heterocycles. The molecule has 0 atom stereocenters. The molecule has 2 rings (SSSR count). The molecule has 0 radical (unpaired) electrons. The normalized spacial score (nSPS) is 15.5.